The highest BCUT2D eigenvalue weighted by Crippen LogP contribution is 2.51. The summed E-state index contributed by atoms with van der Waals surface area (Å²) in [5, 5.41) is 0. The number of hydrogen-bond acceptors (Lipinski definition) is 1. The molecule has 1 nitrogen and oxygen atoms in total. The molecule has 0 aromatic carbocycles. The quantitative estimate of drug-likeness (QED) is 0.530. The van der Waals surface area contributed by atoms with Gasteiger partial charge in [-0.05, 0) is 37.0 Å². The second kappa shape index (κ2) is 2.51. The highest BCUT2D eigenvalue weighted by atomic mass is 14.4. The summed E-state index contributed by atoms with van der Waals surface area (Å²) in [4.78, 5) is 0. The maximum atomic E-state index is 1.60. The van der Waals surface area contributed by atoms with Crippen molar-refractivity contribution in [1.29, 1.82) is 0 Å². The zero-order valence-corrected chi connectivity index (χ0v) is 7.26. The molecule has 4 aliphatic rings. The molecule has 11 heavy (non-hydrogen) atoms. The molecule has 3 heterocycles. The lowest BCUT2D eigenvalue weighted by Crippen LogP contribution is -2.42. The van der Waals surface area contributed by atoms with Crippen molar-refractivity contribution in [3.05, 3.63) is 0 Å². The minimum atomic E-state index is 0. The Morgan fingerprint density at radius 2 is 1.09 bits per heavy atom. The normalized spacial score (nSPS) is 45.8. The van der Waals surface area contributed by atoms with E-state index in [4.69, 9.17) is 0 Å². The molecule has 1 saturated carbocycles. The van der Waals surface area contributed by atoms with Crippen molar-refractivity contribution in [3.63, 3.8) is 0 Å². The summed E-state index contributed by atoms with van der Waals surface area (Å²) in [5.41, 5.74) is 0. The largest absolute Gasteiger partial charge is 0.344 e. The molecule has 0 aromatic heterocycles. The Hall–Kier alpha value is 0.0249. The van der Waals surface area contributed by atoms with Crippen molar-refractivity contribution in [2.45, 2.75) is 38.2 Å². The van der Waals surface area contributed by atoms with Crippen LogP contribution in [0.4, 0.5) is 0 Å². The molecule has 3 aliphatic heterocycles. The van der Waals surface area contributed by atoms with E-state index in [1.807, 2.05) is 0 Å². The molecular weight excluding hydrogens is 133 g/mol. The van der Waals surface area contributed by atoms with Crippen molar-refractivity contribution in [2.24, 2.45) is 17.8 Å². The van der Waals surface area contributed by atoms with Gasteiger partial charge < -0.3 is 6.15 Å². The summed E-state index contributed by atoms with van der Waals surface area (Å²) in [6, 6.07) is 0. The Labute approximate surface area is 69.6 Å². The van der Waals surface area contributed by atoms with Crippen molar-refractivity contribution < 1.29 is 0 Å². The van der Waals surface area contributed by atoms with E-state index in [0.29, 0.717) is 0 Å². The minimum Gasteiger partial charge on any atom is -0.344 e. The van der Waals surface area contributed by atoms with Crippen LogP contribution in [0.5, 0.6) is 0 Å². The summed E-state index contributed by atoms with van der Waals surface area (Å²) in [6.45, 7) is 1.18. The Bertz CT molecular complexity index is 101. The predicted octanol–water partition coefficient (Wildman–Crippen LogP) is 2.70. The van der Waals surface area contributed by atoms with Gasteiger partial charge in [0.1, 0.15) is 6.71 Å². The smallest absolute Gasteiger partial charge is 0.140 e. The Kier molecular flexibility index (Phi) is 1.75. The zero-order valence-electron chi connectivity index (χ0n) is 7.26. The molecule has 0 spiro atoms. The van der Waals surface area contributed by atoms with Crippen molar-refractivity contribution >= 4 is 6.71 Å². The predicted molar refractivity (Wildman–Crippen MR) is 49.5 cm³/mol. The molecule has 4 fully saturated rings. The minimum absolute atomic E-state index is 0. The molecular formula is C9H18BN. The maximum absolute atomic E-state index is 1.60. The van der Waals surface area contributed by atoms with Crippen LogP contribution in [-0.2, 0) is 0 Å². The molecule has 3 saturated heterocycles. The molecule has 4 bridgehead atoms. The van der Waals surface area contributed by atoms with Gasteiger partial charge >= 0.3 is 0 Å². The molecule has 4 rings (SSSR count). The van der Waals surface area contributed by atoms with Gasteiger partial charge in [-0.1, -0.05) is 19.0 Å². The van der Waals surface area contributed by atoms with Crippen LogP contribution in [0.15, 0.2) is 0 Å². The van der Waals surface area contributed by atoms with E-state index in [1.165, 1.54) is 24.5 Å². The fourth-order valence-electron chi connectivity index (χ4n) is 3.98. The van der Waals surface area contributed by atoms with Crippen LogP contribution >= 0.6 is 0 Å². The third kappa shape index (κ3) is 1.12. The molecule has 0 amide bonds. The standard InChI is InChI=1S/C9H15B.H3N/c1-7-2-9-3-8(1)5-10(4-7)6-9;/h7-9H,1-6H2;1H3. The average Bonchev–Trinajstić information content (AvgIpc) is 1.82. The fraction of sp³-hybridized carbons (Fsp3) is 1.00. The van der Waals surface area contributed by atoms with Gasteiger partial charge in [0.15, 0.2) is 0 Å². The first-order valence-corrected chi connectivity index (χ1v) is 4.90. The Morgan fingerprint density at radius 1 is 0.727 bits per heavy atom. The summed E-state index contributed by atoms with van der Waals surface area (Å²) in [6.07, 6.45) is 9.62. The lowest BCUT2D eigenvalue weighted by atomic mass is 9.28. The second-order valence-electron chi connectivity index (χ2n) is 4.88. The number of rotatable bonds is 0. The van der Waals surface area contributed by atoms with Crippen molar-refractivity contribution in [3.8, 4) is 0 Å². The topological polar surface area (TPSA) is 35.0 Å². The first kappa shape index (κ1) is 7.66. The van der Waals surface area contributed by atoms with Gasteiger partial charge in [-0.25, -0.2) is 0 Å². The van der Waals surface area contributed by atoms with Gasteiger partial charge in [0, 0.05) is 0 Å². The van der Waals surface area contributed by atoms with Crippen LogP contribution < -0.4 is 6.15 Å². The van der Waals surface area contributed by atoms with Crippen molar-refractivity contribution in [1.82, 2.24) is 6.15 Å². The summed E-state index contributed by atoms with van der Waals surface area (Å²) < 4.78 is 0. The average molecular weight is 151 g/mol. The molecule has 0 aromatic rings. The number of hydrogen-bond donors (Lipinski definition) is 1. The van der Waals surface area contributed by atoms with Crippen LogP contribution in [0.2, 0.25) is 19.0 Å². The van der Waals surface area contributed by atoms with Gasteiger partial charge in [-0.15, -0.1) is 0 Å². The second-order valence-corrected chi connectivity index (χ2v) is 4.88. The van der Waals surface area contributed by atoms with E-state index in [1.54, 1.807) is 38.2 Å². The van der Waals surface area contributed by atoms with Gasteiger partial charge in [0.05, 0.1) is 0 Å². The van der Waals surface area contributed by atoms with Gasteiger partial charge in [-0.3, -0.25) is 0 Å². The molecule has 0 unspecified atom stereocenters. The van der Waals surface area contributed by atoms with E-state index < -0.39 is 0 Å². The maximum Gasteiger partial charge on any atom is 0.140 e. The Balaban J connectivity index is 0.000000480. The molecule has 3 N–H and O–H groups in total. The third-order valence-corrected chi connectivity index (χ3v) is 4.00. The fourth-order valence-corrected chi connectivity index (χ4v) is 3.98. The van der Waals surface area contributed by atoms with Crippen LogP contribution in [0.1, 0.15) is 19.3 Å². The molecule has 1 aliphatic carbocycles. The van der Waals surface area contributed by atoms with Crippen LogP contribution in [0, 0.1) is 17.8 Å². The first-order valence-electron chi connectivity index (χ1n) is 4.90. The monoisotopic (exact) mass is 151 g/mol. The van der Waals surface area contributed by atoms with Crippen LogP contribution in [-0.4, -0.2) is 6.71 Å². The molecule has 0 atom stereocenters. The Morgan fingerprint density at radius 3 is 1.36 bits per heavy atom. The van der Waals surface area contributed by atoms with E-state index in [9.17, 15) is 0 Å². The SMILES string of the molecule is C1B2CC3CC1CC(C2)C3.N. The van der Waals surface area contributed by atoms with Crippen LogP contribution in [0.25, 0.3) is 0 Å². The van der Waals surface area contributed by atoms with E-state index >= 15 is 0 Å². The van der Waals surface area contributed by atoms with E-state index in [-0.39, 0.29) is 6.15 Å². The summed E-state index contributed by atoms with van der Waals surface area (Å²) in [5.74, 6) is 3.53. The van der Waals surface area contributed by atoms with Gasteiger partial charge in [0.25, 0.3) is 0 Å². The van der Waals surface area contributed by atoms with Gasteiger partial charge in [0.2, 0.25) is 0 Å². The van der Waals surface area contributed by atoms with Crippen molar-refractivity contribution in [2.75, 3.05) is 0 Å². The highest BCUT2D eigenvalue weighted by molar-refractivity contribution is 6.59. The molecule has 0 radical (unpaired) electrons. The van der Waals surface area contributed by atoms with E-state index in [0.717, 1.165) is 0 Å². The summed E-state index contributed by atoms with van der Waals surface area (Å²) >= 11 is 0. The highest BCUT2D eigenvalue weighted by Gasteiger charge is 2.43. The molecule has 2 heteroatoms. The van der Waals surface area contributed by atoms with E-state index in [2.05, 4.69) is 0 Å². The first-order chi connectivity index (χ1) is 4.90. The van der Waals surface area contributed by atoms with Crippen LogP contribution in [0.3, 0.4) is 0 Å². The van der Waals surface area contributed by atoms with Gasteiger partial charge in [-0.2, -0.15) is 0 Å². The summed E-state index contributed by atoms with van der Waals surface area (Å²) in [7, 11) is 0. The molecule has 62 valence electrons. The lowest BCUT2D eigenvalue weighted by Gasteiger charge is -2.48. The zero-order chi connectivity index (χ0) is 6.55. The third-order valence-electron chi connectivity index (χ3n) is 4.00. The lowest BCUT2D eigenvalue weighted by molar-refractivity contribution is 0.194.